The monoisotopic (exact) mass is 223 g/mol. The first kappa shape index (κ1) is 10.2. The number of hydrogen-bond acceptors (Lipinski definition) is 3. The standard InChI is InChI=1S/C11H13NO2S/c1-7(2)6-12-11(14)9-4-3-8(13)5-10(9)15-12/h3-5,7,13H,6H2,1-2H3. The Balaban J connectivity index is 2.59. The summed E-state index contributed by atoms with van der Waals surface area (Å²) in [4.78, 5) is 11.9. The van der Waals surface area contributed by atoms with Crippen LogP contribution >= 0.6 is 11.5 Å². The van der Waals surface area contributed by atoms with Gasteiger partial charge in [0.05, 0.1) is 10.1 Å². The second-order valence-electron chi connectivity index (χ2n) is 4.03. The Bertz CT molecular complexity index is 539. The zero-order valence-corrected chi connectivity index (χ0v) is 9.54. The van der Waals surface area contributed by atoms with Crippen LogP contribution in [0.3, 0.4) is 0 Å². The van der Waals surface area contributed by atoms with Crippen LogP contribution in [0.5, 0.6) is 5.75 Å². The lowest BCUT2D eigenvalue weighted by Crippen LogP contribution is -2.15. The Kier molecular flexibility index (Phi) is 2.52. The largest absolute Gasteiger partial charge is 0.508 e. The number of phenolic OH excluding ortho intramolecular Hbond substituents is 1. The van der Waals surface area contributed by atoms with Gasteiger partial charge in [0.2, 0.25) is 0 Å². The van der Waals surface area contributed by atoms with E-state index in [4.69, 9.17) is 0 Å². The van der Waals surface area contributed by atoms with E-state index in [9.17, 15) is 9.90 Å². The molecule has 2 aromatic rings. The van der Waals surface area contributed by atoms with Crippen LogP contribution in [0.15, 0.2) is 23.0 Å². The zero-order valence-electron chi connectivity index (χ0n) is 8.73. The van der Waals surface area contributed by atoms with E-state index in [2.05, 4.69) is 13.8 Å². The van der Waals surface area contributed by atoms with E-state index < -0.39 is 0 Å². The van der Waals surface area contributed by atoms with Crippen LogP contribution in [0, 0.1) is 5.92 Å². The molecule has 0 saturated carbocycles. The first-order chi connectivity index (χ1) is 7.08. The summed E-state index contributed by atoms with van der Waals surface area (Å²) >= 11 is 1.41. The minimum atomic E-state index is 0.0451. The maximum Gasteiger partial charge on any atom is 0.268 e. The Morgan fingerprint density at radius 3 is 2.87 bits per heavy atom. The minimum Gasteiger partial charge on any atom is -0.508 e. The molecule has 0 aliphatic heterocycles. The smallest absolute Gasteiger partial charge is 0.268 e. The lowest BCUT2D eigenvalue weighted by atomic mass is 10.2. The van der Waals surface area contributed by atoms with Gasteiger partial charge >= 0.3 is 0 Å². The molecule has 0 radical (unpaired) electrons. The summed E-state index contributed by atoms with van der Waals surface area (Å²) in [7, 11) is 0. The van der Waals surface area contributed by atoms with Crippen LogP contribution in [0.4, 0.5) is 0 Å². The third kappa shape index (κ3) is 1.90. The number of aromatic hydroxyl groups is 1. The number of rotatable bonds is 2. The average molecular weight is 223 g/mol. The second kappa shape index (κ2) is 3.70. The molecule has 0 saturated heterocycles. The number of phenols is 1. The molecule has 1 aromatic carbocycles. The molecule has 1 N–H and O–H groups in total. The molecule has 0 atom stereocenters. The highest BCUT2D eigenvalue weighted by molar-refractivity contribution is 7.13. The molecule has 15 heavy (non-hydrogen) atoms. The normalized spacial score (nSPS) is 11.4. The minimum absolute atomic E-state index is 0.0451. The predicted molar refractivity (Wildman–Crippen MR) is 62.6 cm³/mol. The van der Waals surface area contributed by atoms with Gasteiger partial charge in [-0.15, -0.1) is 0 Å². The van der Waals surface area contributed by atoms with Crippen LogP contribution in [-0.4, -0.2) is 9.06 Å². The van der Waals surface area contributed by atoms with Gasteiger partial charge in [-0.3, -0.25) is 8.75 Å². The van der Waals surface area contributed by atoms with E-state index in [0.29, 0.717) is 11.3 Å². The summed E-state index contributed by atoms with van der Waals surface area (Å²) in [5.41, 5.74) is 0.0451. The number of fused-ring (bicyclic) bond motifs is 1. The number of benzene rings is 1. The van der Waals surface area contributed by atoms with Crippen molar-refractivity contribution >= 4 is 21.6 Å². The van der Waals surface area contributed by atoms with Crippen LogP contribution in [-0.2, 0) is 6.54 Å². The van der Waals surface area contributed by atoms with E-state index in [1.54, 1.807) is 22.2 Å². The third-order valence-corrected chi connectivity index (χ3v) is 3.23. The first-order valence-electron chi connectivity index (χ1n) is 4.91. The maximum atomic E-state index is 11.9. The SMILES string of the molecule is CC(C)Cn1sc2cc(O)ccc2c1=O. The highest BCUT2D eigenvalue weighted by Gasteiger charge is 2.08. The molecule has 2 rings (SSSR count). The van der Waals surface area contributed by atoms with Crippen molar-refractivity contribution in [1.29, 1.82) is 0 Å². The van der Waals surface area contributed by atoms with Crippen LogP contribution in [0.1, 0.15) is 13.8 Å². The van der Waals surface area contributed by atoms with Crippen molar-refractivity contribution in [2.45, 2.75) is 20.4 Å². The summed E-state index contributed by atoms with van der Waals surface area (Å²) in [5, 5.41) is 10.0. The van der Waals surface area contributed by atoms with E-state index >= 15 is 0 Å². The maximum absolute atomic E-state index is 11.9. The molecule has 0 amide bonds. The number of hydrogen-bond donors (Lipinski definition) is 1. The second-order valence-corrected chi connectivity index (χ2v) is 5.09. The molecule has 0 unspecified atom stereocenters. The topological polar surface area (TPSA) is 42.2 Å². The van der Waals surface area contributed by atoms with Crippen molar-refractivity contribution < 1.29 is 5.11 Å². The fourth-order valence-corrected chi connectivity index (χ4v) is 2.73. The van der Waals surface area contributed by atoms with Gasteiger partial charge in [-0.25, -0.2) is 0 Å². The van der Waals surface area contributed by atoms with Crippen LogP contribution < -0.4 is 5.56 Å². The number of nitrogens with zero attached hydrogens (tertiary/aromatic N) is 1. The van der Waals surface area contributed by atoms with Crippen molar-refractivity contribution in [3.05, 3.63) is 28.6 Å². The van der Waals surface area contributed by atoms with E-state index in [0.717, 1.165) is 11.2 Å². The highest BCUT2D eigenvalue weighted by atomic mass is 32.1. The molecule has 0 bridgehead atoms. The van der Waals surface area contributed by atoms with E-state index in [1.807, 2.05) is 0 Å². The Morgan fingerprint density at radius 1 is 1.47 bits per heavy atom. The van der Waals surface area contributed by atoms with Crippen molar-refractivity contribution in [2.24, 2.45) is 5.92 Å². The number of aromatic nitrogens is 1. The van der Waals surface area contributed by atoms with Gasteiger partial charge in [0, 0.05) is 6.54 Å². The van der Waals surface area contributed by atoms with Gasteiger partial charge in [0.25, 0.3) is 5.56 Å². The molecule has 0 aliphatic carbocycles. The van der Waals surface area contributed by atoms with E-state index in [1.165, 1.54) is 11.5 Å². The molecule has 4 heteroatoms. The molecular formula is C11H13NO2S. The van der Waals surface area contributed by atoms with Crippen LogP contribution in [0.25, 0.3) is 10.1 Å². The van der Waals surface area contributed by atoms with Crippen molar-refractivity contribution in [3.8, 4) is 5.75 Å². The van der Waals surface area contributed by atoms with Gasteiger partial charge in [0.1, 0.15) is 5.75 Å². The molecule has 1 heterocycles. The van der Waals surface area contributed by atoms with Crippen molar-refractivity contribution in [2.75, 3.05) is 0 Å². The molecule has 80 valence electrons. The summed E-state index contributed by atoms with van der Waals surface area (Å²) in [5.74, 6) is 0.657. The van der Waals surface area contributed by atoms with E-state index in [-0.39, 0.29) is 11.3 Å². The Morgan fingerprint density at radius 2 is 2.20 bits per heavy atom. The lowest BCUT2D eigenvalue weighted by molar-refractivity contribution is 0.476. The van der Waals surface area contributed by atoms with Crippen LogP contribution in [0.2, 0.25) is 0 Å². The summed E-state index contributed by atoms with van der Waals surface area (Å²) in [6, 6.07) is 4.87. The summed E-state index contributed by atoms with van der Waals surface area (Å²) in [6.07, 6.45) is 0. The fraction of sp³-hybridized carbons (Fsp3) is 0.364. The lowest BCUT2D eigenvalue weighted by Gasteiger charge is -2.02. The Labute approximate surface area is 91.7 Å². The molecule has 3 nitrogen and oxygen atoms in total. The van der Waals surface area contributed by atoms with Gasteiger partial charge in [-0.2, -0.15) is 0 Å². The molecule has 0 fully saturated rings. The highest BCUT2D eigenvalue weighted by Crippen LogP contribution is 2.22. The van der Waals surface area contributed by atoms with Gasteiger partial charge in [-0.1, -0.05) is 25.4 Å². The average Bonchev–Trinajstić information content (AvgIpc) is 2.42. The fourth-order valence-electron chi connectivity index (χ4n) is 1.51. The first-order valence-corrected chi connectivity index (χ1v) is 5.68. The molecule has 0 spiro atoms. The van der Waals surface area contributed by atoms with Gasteiger partial charge in [0.15, 0.2) is 0 Å². The molecule has 1 aromatic heterocycles. The quantitative estimate of drug-likeness (QED) is 0.849. The summed E-state index contributed by atoms with van der Waals surface area (Å²) in [6.45, 7) is 4.89. The van der Waals surface area contributed by atoms with Gasteiger partial charge in [-0.05, 0) is 24.1 Å². The summed E-state index contributed by atoms with van der Waals surface area (Å²) < 4.78 is 2.59. The Hall–Kier alpha value is -1.29. The molecule has 0 aliphatic rings. The van der Waals surface area contributed by atoms with Crippen molar-refractivity contribution in [3.63, 3.8) is 0 Å². The predicted octanol–water partition coefficient (Wildman–Crippen LogP) is 2.42. The van der Waals surface area contributed by atoms with Crippen molar-refractivity contribution in [1.82, 2.24) is 3.96 Å². The molecular weight excluding hydrogens is 210 g/mol. The van der Waals surface area contributed by atoms with Gasteiger partial charge < -0.3 is 5.11 Å². The third-order valence-electron chi connectivity index (χ3n) is 2.16. The zero-order chi connectivity index (χ0) is 11.0.